The van der Waals surface area contributed by atoms with Gasteiger partial charge in [-0.3, -0.25) is 14.9 Å². The van der Waals surface area contributed by atoms with Crippen molar-refractivity contribution in [3.8, 4) is 5.88 Å². The summed E-state index contributed by atoms with van der Waals surface area (Å²) in [7, 11) is 0. The number of alkyl halides is 6. The molecule has 0 bridgehead atoms. The molecule has 0 fully saturated rings. The van der Waals surface area contributed by atoms with Crippen LogP contribution in [0.25, 0.3) is 0 Å². The van der Waals surface area contributed by atoms with E-state index in [2.05, 4.69) is 4.74 Å². The summed E-state index contributed by atoms with van der Waals surface area (Å²) in [6, 6.07) is -0.0964. The molecule has 0 aromatic carbocycles. The van der Waals surface area contributed by atoms with Gasteiger partial charge in [-0.2, -0.15) is 13.2 Å². The van der Waals surface area contributed by atoms with Gasteiger partial charge in [0.15, 0.2) is 0 Å². The fraction of sp³-hybridized carbons (Fsp3) is 0.286. The maximum Gasteiger partial charge on any atom is 0.574 e. The van der Waals surface area contributed by atoms with Gasteiger partial charge in [-0.15, -0.1) is 13.2 Å². The summed E-state index contributed by atoms with van der Waals surface area (Å²) >= 11 is 0. The summed E-state index contributed by atoms with van der Waals surface area (Å²) in [6.07, 6.45) is -10.8. The van der Waals surface area contributed by atoms with Crippen LogP contribution in [0.4, 0.5) is 32.0 Å². The van der Waals surface area contributed by atoms with Crippen LogP contribution in [0.15, 0.2) is 10.9 Å². The lowest BCUT2D eigenvalue weighted by atomic mass is 10.3. The SMILES string of the molecule is O=c1cc(OC(F)(F)F)[nH]c(C(F)(F)F)c1[N+](=O)[O-]. The number of rotatable bonds is 2. The molecule has 1 rings (SSSR count). The largest absolute Gasteiger partial charge is 0.574 e. The van der Waals surface area contributed by atoms with Crippen molar-refractivity contribution >= 4 is 5.69 Å². The first-order valence-electron chi connectivity index (χ1n) is 4.16. The molecule has 1 heterocycles. The Bertz CT molecular complexity index is 560. The quantitative estimate of drug-likeness (QED) is 0.514. The molecule has 106 valence electrons. The molecule has 0 spiro atoms. The molecule has 1 aromatic rings. The highest BCUT2D eigenvalue weighted by atomic mass is 19.4. The van der Waals surface area contributed by atoms with Crippen LogP contribution in [0.1, 0.15) is 5.69 Å². The summed E-state index contributed by atoms with van der Waals surface area (Å²) in [5, 5.41) is 10.3. The van der Waals surface area contributed by atoms with Crippen LogP contribution in [0, 0.1) is 10.1 Å². The lowest BCUT2D eigenvalue weighted by molar-refractivity contribution is -0.389. The van der Waals surface area contributed by atoms with Gasteiger partial charge in [0, 0.05) is 0 Å². The Labute approximate surface area is 98.3 Å². The molecular weight excluding hydrogens is 290 g/mol. The van der Waals surface area contributed by atoms with Gasteiger partial charge in [0.1, 0.15) is 0 Å². The average molecular weight is 292 g/mol. The van der Waals surface area contributed by atoms with Crippen LogP contribution in [0.3, 0.4) is 0 Å². The lowest BCUT2D eigenvalue weighted by Gasteiger charge is -2.11. The van der Waals surface area contributed by atoms with E-state index in [0.29, 0.717) is 0 Å². The number of aromatic amines is 1. The van der Waals surface area contributed by atoms with E-state index in [1.807, 2.05) is 0 Å². The van der Waals surface area contributed by atoms with Crippen molar-refractivity contribution < 1.29 is 36.0 Å². The first kappa shape index (κ1) is 14.8. The van der Waals surface area contributed by atoms with Crippen molar-refractivity contribution in [1.82, 2.24) is 4.98 Å². The van der Waals surface area contributed by atoms with Gasteiger partial charge in [-0.25, -0.2) is 0 Å². The highest BCUT2D eigenvalue weighted by Crippen LogP contribution is 2.34. The van der Waals surface area contributed by atoms with Crippen LogP contribution in [0.2, 0.25) is 0 Å². The van der Waals surface area contributed by atoms with Crippen LogP contribution in [-0.2, 0) is 6.18 Å². The molecule has 0 aliphatic heterocycles. The zero-order valence-electron chi connectivity index (χ0n) is 8.43. The number of aromatic nitrogens is 1. The maximum absolute atomic E-state index is 12.4. The monoisotopic (exact) mass is 292 g/mol. The van der Waals surface area contributed by atoms with Crippen molar-refractivity contribution in [2.45, 2.75) is 12.5 Å². The van der Waals surface area contributed by atoms with Gasteiger partial charge >= 0.3 is 18.2 Å². The fourth-order valence-corrected chi connectivity index (χ4v) is 1.10. The number of hydrogen-bond acceptors (Lipinski definition) is 4. The lowest BCUT2D eigenvalue weighted by Crippen LogP contribution is -2.23. The highest BCUT2D eigenvalue weighted by Gasteiger charge is 2.43. The second kappa shape index (κ2) is 4.44. The van der Waals surface area contributed by atoms with Crippen molar-refractivity contribution in [1.29, 1.82) is 0 Å². The molecular formula is C7H2F6N2O4. The number of pyridine rings is 1. The van der Waals surface area contributed by atoms with Gasteiger partial charge in [0.2, 0.25) is 11.6 Å². The predicted octanol–water partition coefficient (Wildman–Crippen LogP) is 2.20. The number of nitro groups is 1. The molecule has 0 radical (unpaired) electrons. The Morgan fingerprint density at radius 1 is 1.21 bits per heavy atom. The van der Waals surface area contributed by atoms with E-state index >= 15 is 0 Å². The minimum Gasteiger partial charge on any atom is -0.390 e. The molecule has 0 unspecified atom stereocenters. The number of H-pyrrole nitrogens is 1. The Morgan fingerprint density at radius 3 is 2.11 bits per heavy atom. The van der Waals surface area contributed by atoms with E-state index in [9.17, 15) is 41.3 Å². The second-order valence-electron chi connectivity index (χ2n) is 3.02. The third-order valence-electron chi connectivity index (χ3n) is 1.67. The zero-order chi connectivity index (χ0) is 15.0. The summed E-state index contributed by atoms with van der Waals surface area (Å²) < 4.78 is 75.6. The summed E-state index contributed by atoms with van der Waals surface area (Å²) in [5.74, 6) is -1.60. The minimum atomic E-state index is -5.42. The first-order chi connectivity index (χ1) is 8.42. The van der Waals surface area contributed by atoms with Crippen molar-refractivity contribution in [2.75, 3.05) is 0 Å². The third-order valence-corrected chi connectivity index (χ3v) is 1.67. The van der Waals surface area contributed by atoms with Gasteiger partial charge in [0.05, 0.1) is 11.0 Å². The number of nitrogens with one attached hydrogen (secondary N) is 1. The van der Waals surface area contributed by atoms with E-state index in [4.69, 9.17) is 0 Å². The van der Waals surface area contributed by atoms with E-state index in [-0.39, 0.29) is 6.07 Å². The van der Waals surface area contributed by atoms with Crippen LogP contribution >= 0.6 is 0 Å². The van der Waals surface area contributed by atoms with E-state index in [1.54, 1.807) is 0 Å². The molecule has 0 saturated heterocycles. The fourth-order valence-electron chi connectivity index (χ4n) is 1.10. The second-order valence-corrected chi connectivity index (χ2v) is 3.02. The number of nitrogens with zero attached hydrogens (tertiary/aromatic N) is 1. The number of hydrogen-bond donors (Lipinski definition) is 1. The molecule has 0 aliphatic carbocycles. The summed E-state index contributed by atoms with van der Waals surface area (Å²) in [5.41, 5.74) is -6.01. The standard InChI is InChI=1S/C7H2F6N2O4/c8-6(9,10)5-4(15(17)18)2(16)1-3(14-5)19-7(11,12)13/h1H,(H,14,16). The van der Waals surface area contributed by atoms with Crippen LogP contribution in [0.5, 0.6) is 5.88 Å². The third kappa shape index (κ3) is 3.59. The number of halogens is 6. The first-order valence-corrected chi connectivity index (χ1v) is 4.16. The van der Waals surface area contributed by atoms with Gasteiger partial charge < -0.3 is 9.72 Å². The smallest absolute Gasteiger partial charge is 0.390 e. The van der Waals surface area contributed by atoms with Crippen molar-refractivity contribution in [3.63, 3.8) is 0 Å². The molecule has 0 atom stereocenters. The van der Waals surface area contributed by atoms with E-state index < -0.39 is 40.2 Å². The van der Waals surface area contributed by atoms with E-state index in [0.717, 1.165) is 4.98 Å². The Hall–Kier alpha value is -2.27. The minimum absolute atomic E-state index is 0.0964. The number of ether oxygens (including phenoxy) is 1. The molecule has 1 aromatic heterocycles. The Balaban J connectivity index is 3.49. The van der Waals surface area contributed by atoms with Crippen molar-refractivity contribution in [3.05, 3.63) is 32.1 Å². The molecule has 1 N–H and O–H groups in total. The van der Waals surface area contributed by atoms with Crippen molar-refractivity contribution in [2.24, 2.45) is 0 Å². The average Bonchev–Trinajstić information content (AvgIpc) is 2.11. The molecule has 0 amide bonds. The normalized spacial score (nSPS) is 12.3. The molecule has 0 aliphatic rings. The molecule has 19 heavy (non-hydrogen) atoms. The zero-order valence-corrected chi connectivity index (χ0v) is 8.43. The molecule has 12 heteroatoms. The van der Waals surface area contributed by atoms with Crippen LogP contribution in [-0.4, -0.2) is 16.3 Å². The van der Waals surface area contributed by atoms with Gasteiger partial charge in [-0.05, 0) is 0 Å². The molecule has 6 nitrogen and oxygen atoms in total. The predicted molar refractivity (Wildman–Crippen MR) is 45.4 cm³/mol. The van der Waals surface area contributed by atoms with Crippen LogP contribution < -0.4 is 10.2 Å². The summed E-state index contributed by atoms with van der Waals surface area (Å²) in [4.78, 5) is 20.7. The van der Waals surface area contributed by atoms with E-state index in [1.165, 1.54) is 0 Å². The highest BCUT2D eigenvalue weighted by molar-refractivity contribution is 5.39. The van der Waals surface area contributed by atoms with Gasteiger partial charge in [-0.1, -0.05) is 0 Å². The molecule has 0 saturated carbocycles. The topological polar surface area (TPSA) is 85.2 Å². The Morgan fingerprint density at radius 2 is 1.74 bits per heavy atom. The maximum atomic E-state index is 12.4. The Kier molecular flexibility index (Phi) is 3.45. The van der Waals surface area contributed by atoms with Gasteiger partial charge in [0.25, 0.3) is 5.43 Å². The summed E-state index contributed by atoms with van der Waals surface area (Å²) in [6.45, 7) is 0.